The number of nitriles is 1. The minimum atomic E-state index is -0.641. The van der Waals surface area contributed by atoms with E-state index in [0.717, 1.165) is 27.3 Å². The van der Waals surface area contributed by atoms with E-state index in [1.54, 1.807) is 7.11 Å². The van der Waals surface area contributed by atoms with Crippen LogP contribution in [0.2, 0.25) is 0 Å². The molecule has 1 aromatic carbocycles. The highest BCUT2D eigenvalue weighted by atomic mass is 32.1. The van der Waals surface area contributed by atoms with Gasteiger partial charge in [-0.25, -0.2) is 9.59 Å². The van der Waals surface area contributed by atoms with Crippen LogP contribution in [0, 0.1) is 18.3 Å². The lowest BCUT2D eigenvalue weighted by Crippen LogP contribution is -2.36. The van der Waals surface area contributed by atoms with E-state index in [2.05, 4.69) is 16.1 Å². The van der Waals surface area contributed by atoms with Crippen molar-refractivity contribution in [3.8, 4) is 11.8 Å². The molecule has 33 heavy (non-hydrogen) atoms. The standard InChI is InChI=1S/C23H25N3O6S/c1-14-4-6-18(30-2)15(10-14)5-7-20(27)25-22-17(11-24)16-8-9-26(12-19(16)33-22)23(29)32-13-21(28)31-3/h4,6,10H,5,7-9,12-13H2,1-3H3,(H,25,27). The first kappa shape index (κ1) is 24.1. The van der Waals surface area contributed by atoms with Crippen LogP contribution in [0.5, 0.6) is 5.75 Å². The molecule has 1 aliphatic rings. The molecule has 10 heteroatoms. The van der Waals surface area contributed by atoms with Gasteiger partial charge in [-0.15, -0.1) is 11.3 Å². The molecule has 9 nitrogen and oxygen atoms in total. The number of amides is 2. The maximum absolute atomic E-state index is 12.6. The van der Waals surface area contributed by atoms with Crippen molar-refractivity contribution in [1.29, 1.82) is 5.26 Å². The molecular formula is C23H25N3O6S. The highest BCUT2D eigenvalue weighted by Gasteiger charge is 2.28. The first-order valence-corrected chi connectivity index (χ1v) is 11.1. The number of rotatable bonds is 7. The summed E-state index contributed by atoms with van der Waals surface area (Å²) in [6.07, 6.45) is 0.567. The Hall–Kier alpha value is -3.58. The largest absolute Gasteiger partial charge is 0.496 e. The van der Waals surface area contributed by atoms with Gasteiger partial charge in [0.25, 0.3) is 0 Å². The Morgan fingerprint density at radius 2 is 2.06 bits per heavy atom. The zero-order valence-electron chi connectivity index (χ0n) is 18.7. The lowest BCUT2D eigenvalue weighted by atomic mass is 10.0. The lowest BCUT2D eigenvalue weighted by Gasteiger charge is -2.25. The number of hydrogen-bond acceptors (Lipinski definition) is 8. The van der Waals surface area contributed by atoms with E-state index in [9.17, 15) is 19.6 Å². The highest BCUT2D eigenvalue weighted by Crippen LogP contribution is 2.37. The Morgan fingerprint density at radius 1 is 1.27 bits per heavy atom. The first-order valence-electron chi connectivity index (χ1n) is 10.3. The smallest absolute Gasteiger partial charge is 0.410 e. The van der Waals surface area contributed by atoms with Gasteiger partial charge in [0.15, 0.2) is 6.61 Å². The van der Waals surface area contributed by atoms with Crippen LogP contribution in [-0.2, 0) is 38.4 Å². The minimum absolute atomic E-state index is 0.206. The number of nitrogens with zero attached hydrogens (tertiary/aromatic N) is 2. The van der Waals surface area contributed by atoms with Crippen LogP contribution in [0.3, 0.4) is 0 Å². The number of esters is 1. The van der Waals surface area contributed by atoms with E-state index in [-0.39, 0.29) is 18.9 Å². The van der Waals surface area contributed by atoms with Gasteiger partial charge in [-0.3, -0.25) is 4.79 Å². The molecule has 2 heterocycles. The van der Waals surface area contributed by atoms with Gasteiger partial charge >= 0.3 is 12.1 Å². The van der Waals surface area contributed by atoms with Gasteiger partial charge in [0, 0.05) is 17.8 Å². The molecule has 0 bridgehead atoms. The molecule has 0 radical (unpaired) electrons. The van der Waals surface area contributed by atoms with Gasteiger partial charge in [0.1, 0.15) is 16.8 Å². The molecule has 3 rings (SSSR count). The fourth-order valence-corrected chi connectivity index (χ4v) is 4.81. The fraction of sp³-hybridized carbons (Fsp3) is 0.391. The molecule has 0 atom stereocenters. The number of methoxy groups -OCH3 is 2. The zero-order valence-corrected chi connectivity index (χ0v) is 19.5. The molecule has 1 aliphatic heterocycles. The quantitative estimate of drug-likeness (QED) is 0.616. The van der Waals surface area contributed by atoms with E-state index in [4.69, 9.17) is 9.47 Å². The predicted molar refractivity (Wildman–Crippen MR) is 121 cm³/mol. The van der Waals surface area contributed by atoms with Gasteiger partial charge in [-0.05, 0) is 37.0 Å². The van der Waals surface area contributed by atoms with Gasteiger partial charge in [-0.1, -0.05) is 17.7 Å². The maximum Gasteiger partial charge on any atom is 0.410 e. The van der Waals surface area contributed by atoms with Crippen molar-refractivity contribution in [3.05, 3.63) is 45.3 Å². The number of carbonyl (C=O) groups is 3. The van der Waals surface area contributed by atoms with Crippen molar-refractivity contribution < 1.29 is 28.6 Å². The van der Waals surface area contributed by atoms with Crippen LogP contribution in [0.4, 0.5) is 9.80 Å². The second kappa shape index (κ2) is 10.8. The SMILES string of the molecule is COC(=O)COC(=O)N1CCc2c(sc(NC(=O)CCc3cc(C)ccc3OC)c2C#N)C1. The van der Waals surface area contributed by atoms with Crippen molar-refractivity contribution >= 4 is 34.3 Å². The van der Waals surface area contributed by atoms with Gasteiger partial charge in [0.2, 0.25) is 5.91 Å². The second-order valence-electron chi connectivity index (χ2n) is 7.49. The highest BCUT2D eigenvalue weighted by molar-refractivity contribution is 7.16. The van der Waals surface area contributed by atoms with Gasteiger partial charge in [0.05, 0.1) is 26.3 Å². The normalized spacial score (nSPS) is 12.4. The van der Waals surface area contributed by atoms with Crippen LogP contribution in [0.15, 0.2) is 18.2 Å². The Balaban J connectivity index is 1.65. The number of carbonyl (C=O) groups excluding carboxylic acids is 3. The summed E-state index contributed by atoms with van der Waals surface area (Å²) in [7, 11) is 2.81. The minimum Gasteiger partial charge on any atom is -0.496 e. The van der Waals surface area contributed by atoms with E-state index in [1.807, 2.05) is 25.1 Å². The summed E-state index contributed by atoms with van der Waals surface area (Å²) in [6, 6.07) is 8.00. The second-order valence-corrected chi connectivity index (χ2v) is 8.59. The molecule has 1 N–H and O–H groups in total. The van der Waals surface area contributed by atoms with Crippen LogP contribution in [0.25, 0.3) is 0 Å². The molecule has 0 unspecified atom stereocenters. The van der Waals surface area contributed by atoms with Crippen molar-refractivity contribution in [2.45, 2.75) is 32.7 Å². The van der Waals surface area contributed by atoms with Crippen LogP contribution in [-0.4, -0.2) is 50.2 Å². The van der Waals surface area contributed by atoms with Crippen LogP contribution >= 0.6 is 11.3 Å². The predicted octanol–water partition coefficient (Wildman–Crippen LogP) is 3.18. The molecule has 0 fully saturated rings. The van der Waals surface area contributed by atoms with Crippen molar-refractivity contribution in [2.75, 3.05) is 32.7 Å². The molecule has 0 saturated carbocycles. The summed E-state index contributed by atoms with van der Waals surface area (Å²) in [5.74, 6) is -0.114. The Morgan fingerprint density at radius 3 is 2.76 bits per heavy atom. The molecule has 1 aromatic heterocycles. The molecule has 0 aliphatic carbocycles. The third-order valence-electron chi connectivity index (χ3n) is 5.28. The van der Waals surface area contributed by atoms with E-state index < -0.39 is 18.7 Å². The molecular weight excluding hydrogens is 446 g/mol. The third kappa shape index (κ3) is 5.81. The number of anilines is 1. The molecule has 174 valence electrons. The number of benzene rings is 1. The summed E-state index contributed by atoms with van der Waals surface area (Å²) in [5, 5.41) is 13.0. The Kier molecular flexibility index (Phi) is 7.90. The molecule has 0 spiro atoms. The lowest BCUT2D eigenvalue weighted by molar-refractivity contribution is -0.144. The summed E-state index contributed by atoms with van der Waals surface area (Å²) in [6.45, 7) is 2.11. The van der Waals surface area contributed by atoms with Gasteiger partial charge < -0.3 is 24.4 Å². The Bertz CT molecular complexity index is 1100. The monoisotopic (exact) mass is 471 g/mol. The van der Waals surface area contributed by atoms with Gasteiger partial charge in [-0.2, -0.15) is 5.26 Å². The molecule has 2 aromatic rings. The third-order valence-corrected chi connectivity index (χ3v) is 6.41. The van der Waals surface area contributed by atoms with E-state index in [0.29, 0.717) is 30.0 Å². The number of nitrogens with one attached hydrogen (secondary N) is 1. The summed E-state index contributed by atoms with van der Waals surface area (Å²) in [4.78, 5) is 38.3. The van der Waals surface area contributed by atoms with Crippen LogP contribution < -0.4 is 10.1 Å². The van der Waals surface area contributed by atoms with Crippen molar-refractivity contribution in [1.82, 2.24) is 4.90 Å². The van der Waals surface area contributed by atoms with Crippen LogP contribution in [0.1, 0.15) is 33.6 Å². The van der Waals surface area contributed by atoms with Crippen molar-refractivity contribution in [2.24, 2.45) is 0 Å². The number of aryl methyl sites for hydroxylation is 2. The summed E-state index contributed by atoms with van der Waals surface area (Å²) >= 11 is 1.28. The number of hydrogen-bond donors (Lipinski definition) is 1. The zero-order chi connectivity index (χ0) is 24.0. The molecule has 2 amide bonds. The summed E-state index contributed by atoms with van der Waals surface area (Å²) < 4.78 is 14.8. The molecule has 0 saturated heterocycles. The average Bonchev–Trinajstić information content (AvgIpc) is 3.16. The fourth-order valence-electron chi connectivity index (χ4n) is 3.58. The van der Waals surface area contributed by atoms with E-state index >= 15 is 0 Å². The maximum atomic E-state index is 12.6. The number of ether oxygens (including phenoxy) is 3. The van der Waals surface area contributed by atoms with E-state index in [1.165, 1.54) is 23.3 Å². The van der Waals surface area contributed by atoms with Crippen molar-refractivity contribution in [3.63, 3.8) is 0 Å². The Labute approximate surface area is 195 Å². The topological polar surface area (TPSA) is 118 Å². The average molecular weight is 472 g/mol. The number of thiophene rings is 1. The number of fused-ring (bicyclic) bond motifs is 1. The summed E-state index contributed by atoms with van der Waals surface area (Å²) in [5.41, 5.74) is 3.28. The first-order chi connectivity index (χ1) is 15.9.